The predicted molar refractivity (Wildman–Crippen MR) is 90.0 cm³/mol. The van der Waals surface area contributed by atoms with E-state index in [4.69, 9.17) is 14.6 Å². The van der Waals surface area contributed by atoms with Crippen LogP contribution in [0.3, 0.4) is 0 Å². The standard InChI is InChI=1S/C18H22O9/c1-2-3-8-11(19)9-6-4-5-7-10(9)17(25)27-18-14(22)12(20)13(21)15(26-18)16(23)24/h4-7,12-15,18,20-22H,2-3,8H2,1H3,(H,23,24)/t12?,13-,14-,15?,18-/m0/s1. The third-order valence-corrected chi connectivity index (χ3v) is 4.24. The van der Waals surface area contributed by atoms with E-state index < -0.39 is 42.6 Å². The molecule has 1 aromatic rings. The van der Waals surface area contributed by atoms with Gasteiger partial charge in [0.25, 0.3) is 0 Å². The number of aliphatic hydroxyl groups is 3. The Hall–Kier alpha value is -2.33. The summed E-state index contributed by atoms with van der Waals surface area (Å²) < 4.78 is 9.90. The highest BCUT2D eigenvalue weighted by Gasteiger charge is 2.48. The van der Waals surface area contributed by atoms with Crippen LogP contribution in [-0.2, 0) is 14.3 Å². The second kappa shape index (κ2) is 9.05. The number of carboxylic acids is 1. The number of ketones is 1. The molecule has 1 aliphatic heterocycles. The summed E-state index contributed by atoms with van der Waals surface area (Å²) >= 11 is 0. The van der Waals surface area contributed by atoms with Crippen molar-refractivity contribution in [2.75, 3.05) is 0 Å². The van der Waals surface area contributed by atoms with Crippen LogP contribution in [0.2, 0.25) is 0 Å². The molecule has 9 nitrogen and oxygen atoms in total. The van der Waals surface area contributed by atoms with E-state index in [1.807, 2.05) is 6.92 Å². The fourth-order valence-electron chi connectivity index (χ4n) is 2.69. The number of hydrogen-bond donors (Lipinski definition) is 4. The lowest BCUT2D eigenvalue weighted by molar-refractivity contribution is -0.278. The summed E-state index contributed by atoms with van der Waals surface area (Å²) in [5.74, 6) is -2.87. The number of rotatable bonds is 7. The minimum atomic E-state index is -1.89. The van der Waals surface area contributed by atoms with Crippen molar-refractivity contribution in [2.45, 2.75) is 56.9 Å². The Kier molecular flexibility index (Phi) is 7.03. The number of carboxylic acid groups (broad SMARTS) is 1. The van der Waals surface area contributed by atoms with E-state index >= 15 is 0 Å². The second-order valence-electron chi connectivity index (χ2n) is 6.21. The van der Waals surface area contributed by atoms with Crippen LogP contribution in [0, 0.1) is 0 Å². The van der Waals surface area contributed by atoms with Crippen molar-refractivity contribution < 1.29 is 44.3 Å². The van der Waals surface area contributed by atoms with E-state index in [2.05, 4.69) is 0 Å². The molecule has 0 radical (unpaired) electrons. The van der Waals surface area contributed by atoms with Crippen LogP contribution in [-0.4, -0.2) is 68.9 Å². The number of unbranched alkanes of at least 4 members (excludes halogenated alkanes) is 1. The molecule has 5 atom stereocenters. The molecule has 1 aliphatic rings. The van der Waals surface area contributed by atoms with Gasteiger partial charge in [0.15, 0.2) is 11.9 Å². The van der Waals surface area contributed by atoms with Gasteiger partial charge in [0.05, 0.1) is 5.56 Å². The lowest BCUT2D eigenvalue weighted by atomic mass is 9.98. The van der Waals surface area contributed by atoms with Crippen molar-refractivity contribution in [1.29, 1.82) is 0 Å². The molecule has 0 spiro atoms. The molecule has 2 rings (SSSR count). The average Bonchev–Trinajstić information content (AvgIpc) is 2.66. The van der Waals surface area contributed by atoms with Crippen molar-refractivity contribution in [2.24, 2.45) is 0 Å². The molecule has 0 aliphatic carbocycles. The van der Waals surface area contributed by atoms with E-state index in [-0.39, 0.29) is 23.3 Å². The summed E-state index contributed by atoms with van der Waals surface area (Å²) in [5.41, 5.74) is 0.0681. The molecule has 0 saturated carbocycles. The fraction of sp³-hybridized carbons (Fsp3) is 0.500. The van der Waals surface area contributed by atoms with Crippen molar-refractivity contribution in [3.63, 3.8) is 0 Å². The molecule has 27 heavy (non-hydrogen) atoms. The maximum atomic E-state index is 12.5. The van der Waals surface area contributed by atoms with Gasteiger partial charge in [0.2, 0.25) is 6.29 Å². The van der Waals surface area contributed by atoms with Crippen molar-refractivity contribution in [1.82, 2.24) is 0 Å². The van der Waals surface area contributed by atoms with Gasteiger partial charge in [-0.3, -0.25) is 4.79 Å². The molecule has 1 heterocycles. The molecule has 0 amide bonds. The molecule has 148 valence electrons. The zero-order chi connectivity index (χ0) is 20.1. The summed E-state index contributed by atoms with van der Waals surface area (Å²) in [4.78, 5) is 35.8. The Morgan fingerprint density at radius 1 is 1.04 bits per heavy atom. The van der Waals surface area contributed by atoms with Crippen LogP contribution in [0.15, 0.2) is 24.3 Å². The van der Waals surface area contributed by atoms with E-state index in [1.54, 1.807) is 6.07 Å². The number of carbonyl (C=O) groups excluding carboxylic acids is 2. The third kappa shape index (κ3) is 4.69. The van der Waals surface area contributed by atoms with Gasteiger partial charge in [-0.05, 0) is 12.5 Å². The number of esters is 1. The van der Waals surface area contributed by atoms with Crippen molar-refractivity contribution >= 4 is 17.7 Å². The number of aliphatic hydroxyl groups excluding tert-OH is 3. The molecule has 2 unspecified atom stereocenters. The first-order valence-corrected chi connectivity index (χ1v) is 8.53. The monoisotopic (exact) mass is 382 g/mol. The van der Waals surface area contributed by atoms with Gasteiger partial charge in [-0.25, -0.2) is 9.59 Å². The summed E-state index contributed by atoms with van der Waals surface area (Å²) in [6, 6.07) is 5.93. The molecular weight excluding hydrogens is 360 g/mol. The lowest BCUT2D eigenvalue weighted by Crippen LogP contribution is -2.60. The first-order valence-electron chi connectivity index (χ1n) is 8.53. The maximum absolute atomic E-state index is 12.5. The smallest absolute Gasteiger partial charge is 0.341 e. The number of aliphatic carboxylic acids is 1. The Morgan fingerprint density at radius 3 is 2.26 bits per heavy atom. The summed E-state index contributed by atoms with van der Waals surface area (Å²) in [6.45, 7) is 1.92. The minimum Gasteiger partial charge on any atom is -0.479 e. The van der Waals surface area contributed by atoms with Gasteiger partial charge in [-0.1, -0.05) is 31.5 Å². The first-order chi connectivity index (χ1) is 12.8. The molecule has 1 saturated heterocycles. The zero-order valence-corrected chi connectivity index (χ0v) is 14.6. The maximum Gasteiger partial charge on any atom is 0.341 e. The second-order valence-corrected chi connectivity index (χ2v) is 6.21. The Bertz CT molecular complexity index is 702. The van der Waals surface area contributed by atoms with Crippen LogP contribution in [0.25, 0.3) is 0 Å². The SMILES string of the molecule is CCCCC(=O)c1ccccc1C(=O)O[C@@H]1OC(C(=O)O)[C@@H](O)C(O)[C@@H]1O. The van der Waals surface area contributed by atoms with Crippen molar-refractivity contribution in [3.05, 3.63) is 35.4 Å². The molecule has 0 bridgehead atoms. The van der Waals surface area contributed by atoms with Gasteiger partial charge >= 0.3 is 11.9 Å². The summed E-state index contributed by atoms with van der Waals surface area (Å²) in [5, 5.41) is 38.4. The fourth-order valence-corrected chi connectivity index (χ4v) is 2.69. The van der Waals surface area contributed by atoms with Crippen molar-refractivity contribution in [3.8, 4) is 0 Å². The highest BCUT2D eigenvalue weighted by atomic mass is 16.7. The van der Waals surface area contributed by atoms with E-state index in [0.29, 0.717) is 6.42 Å². The molecule has 1 aromatic carbocycles. The summed E-state index contributed by atoms with van der Waals surface area (Å²) in [6.07, 6.45) is -7.65. The normalized spacial score (nSPS) is 27.8. The Morgan fingerprint density at radius 2 is 1.67 bits per heavy atom. The third-order valence-electron chi connectivity index (χ3n) is 4.24. The highest BCUT2D eigenvalue weighted by Crippen LogP contribution is 2.24. The van der Waals surface area contributed by atoms with Gasteiger partial charge < -0.3 is 29.9 Å². The van der Waals surface area contributed by atoms with Crippen LogP contribution < -0.4 is 0 Å². The quantitative estimate of drug-likeness (QED) is 0.380. The average molecular weight is 382 g/mol. The molecule has 1 fully saturated rings. The van der Waals surface area contributed by atoms with E-state index in [0.717, 1.165) is 6.42 Å². The van der Waals surface area contributed by atoms with Gasteiger partial charge in [-0.2, -0.15) is 0 Å². The van der Waals surface area contributed by atoms with Gasteiger partial charge in [0, 0.05) is 12.0 Å². The topological polar surface area (TPSA) is 151 Å². The number of hydrogen-bond acceptors (Lipinski definition) is 8. The molecular formula is C18H22O9. The molecule has 9 heteroatoms. The van der Waals surface area contributed by atoms with Gasteiger partial charge in [0.1, 0.15) is 18.3 Å². The predicted octanol–water partition coefficient (Wildman–Crippen LogP) is 0.108. The first kappa shape index (κ1) is 21.0. The number of Topliss-reactive ketones (excluding diaryl/α,β-unsaturated/α-hetero) is 1. The molecule has 0 aromatic heterocycles. The largest absolute Gasteiger partial charge is 0.479 e. The number of benzene rings is 1. The Balaban J connectivity index is 2.19. The molecule has 4 N–H and O–H groups in total. The Labute approximate surface area is 155 Å². The minimum absolute atomic E-state index is 0.0677. The van der Waals surface area contributed by atoms with Crippen LogP contribution >= 0.6 is 0 Å². The van der Waals surface area contributed by atoms with Crippen LogP contribution in [0.5, 0.6) is 0 Å². The van der Waals surface area contributed by atoms with E-state index in [9.17, 15) is 29.7 Å². The van der Waals surface area contributed by atoms with Crippen LogP contribution in [0.1, 0.15) is 46.9 Å². The summed E-state index contributed by atoms with van der Waals surface area (Å²) in [7, 11) is 0. The number of carbonyl (C=O) groups is 3. The highest BCUT2D eigenvalue weighted by molar-refractivity contribution is 6.06. The van der Waals surface area contributed by atoms with E-state index in [1.165, 1.54) is 18.2 Å². The lowest BCUT2D eigenvalue weighted by Gasteiger charge is -2.37. The zero-order valence-electron chi connectivity index (χ0n) is 14.6. The number of ether oxygens (including phenoxy) is 2. The van der Waals surface area contributed by atoms with Gasteiger partial charge in [-0.15, -0.1) is 0 Å². The van der Waals surface area contributed by atoms with Crippen LogP contribution in [0.4, 0.5) is 0 Å².